The zero-order valence-electron chi connectivity index (χ0n) is 16.2. The lowest BCUT2D eigenvalue weighted by Crippen LogP contribution is -2.37. The maximum atomic E-state index is 12.8. The fourth-order valence-electron chi connectivity index (χ4n) is 3.35. The Bertz CT molecular complexity index is 951. The summed E-state index contributed by atoms with van der Waals surface area (Å²) >= 11 is 0. The first-order valence-corrected chi connectivity index (χ1v) is 9.16. The van der Waals surface area contributed by atoms with Crippen molar-refractivity contribution in [3.05, 3.63) is 71.3 Å². The molecule has 0 aliphatic carbocycles. The molecule has 1 atom stereocenters. The van der Waals surface area contributed by atoms with Crippen molar-refractivity contribution in [2.45, 2.75) is 13.0 Å². The van der Waals surface area contributed by atoms with Crippen molar-refractivity contribution < 1.29 is 24.2 Å². The number of aliphatic hydroxyl groups is 1. The van der Waals surface area contributed by atoms with Gasteiger partial charge in [0.15, 0.2) is 0 Å². The Morgan fingerprint density at radius 3 is 2.34 bits per heavy atom. The van der Waals surface area contributed by atoms with Crippen LogP contribution in [-0.2, 0) is 14.4 Å². The summed E-state index contributed by atoms with van der Waals surface area (Å²) in [7, 11) is 1.55. The molecule has 0 bridgehead atoms. The lowest BCUT2D eigenvalue weighted by Gasteiger charge is -2.25. The largest absolute Gasteiger partial charge is 0.507 e. The zero-order chi connectivity index (χ0) is 21.0. The molecule has 0 spiro atoms. The first kappa shape index (κ1) is 20.1. The smallest absolute Gasteiger partial charge is 0.295 e. The van der Waals surface area contributed by atoms with Gasteiger partial charge in [-0.3, -0.25) is 14.4 Å². The Morgan fingerprint density at radius 1 is 1.10 bits per heavy atom. The summed E-state index contributed by atoms with van der Waals surface area (Å²) in [6.45, 7) is 1.71. The highest BCUT2D eigenvalue weighted by Crippen LogP contribution is 2.39. The molecule has 2 N–H and O–H groups in total. The molecular weight excluding hydrogens is 372 g/mol. The molecule has 1 aliphatic rings. The molecule has 1 fully saturated rings. The number of hydrogen-bond acceptors (Lipinski definition) is 5. The van der Waals surface area contributed by atoms with Crippen molar-refractivity contribution in [3.63, 3.8) is 0 Å². The van der Waals surface area contributed by atoms with Crippen LogP contribution in [0.3, 0.4) is 0 Å². The highest BCUT2D eigenvalue weighted by atomic mass is 16.5. The van der Waals surface area contributed by atoms with E-state index in [9.17, 15) is 19.5 Å². The maximum Gasteiger partial charge on any atom is 0.295 e. The van der Waals surface area contributed by atoms with Gasteiger partial charge in [0, 0.05) is 25.6 Å². The SMILES string of the molecule is COc1ccc(C2/C(=C(/O)c3ccccc3)C(=O)C(=O)N2CCNC(C)=O)cc1. The summed E-state index contributed by atoms with van der Waals surface area (Å²) in [5.74, 6) is -1.30. The third-order valence-corrected chi connectivity index (χ3v) is 4.75. The van der Waals surface area contributed by atoms with Crippen molar-refractivity contribution in [2.75, 3.05) is 20.2 Å². The van der Waals surface area contributed by atoms with Gasteiger partial charge in [-0.1, -0.05) is 42.5 Å². The van der Waals surface area contributed by atoms with Gasteiger partial charge in [-0.15, -0.1) is 0 Å². The second-order valence-corrected chi connectivity index (χ2v) is 6.61. The van der Waals surface area contributed by atoms with E-state index in [1.807, 2.05) is 0 Å². The van der Waals surface area contributed by atoms with Crippen LogP contribution in [0.25, 0.3) is 5.76 Å². The van der Waals surface area contributed by atoms with Gasteiger partial charge in [-0.2, -0.15) is 0 Å². The van der Waals surface area contributed by atoms with E-state index in [1.165, 1.54) is 11.8 Å². The molecule has 1 unspecified atom stereocenters. The number of rotatable bonds is 6. The number of amides is 2. The van der Waals surface area contributed by atoms with Crippen molar-refractivity contribution in [1.29, 1.82) is 0 Å². The molecule has 3 rings (SSSR count). The number of nitrogens with one attached hydrogen (secondary N) is 1. The summed E-state index contributed by atoms with van der Waals surface area (Å²) in [5.41, 5.74) is 1.13. The number of likely N-dealkylation sites (tertiary alicyclic amines) is 1. The predicted molar refractivity (Wildman–Crippen MR) is 107 cm³/mol. The predicted octanol–water partition coefficient (Wildman–Crippen LogP) is 2.25. The molecular formula is C22H22N2O5. The maximum absolute atomic E-state index is 12.8. The van der Waals surface area contributed by atoms with E-state index in [0.29, 0.717) is 16.9 Å². The van der Waals surface area contributed by atoms with E-state index in [-0.39, 0.29) is 30.3 Å². The second kappa shape index (κ2) is 8.60. The first-order valence-electron chi connectivity index (χ1n) is 9.16. The van der Waals surface area contributed by atoms with Gasteiger partial charge in [0.25, 0.3) is 11.7 Å². The number of nitrogens with zero attached hydrogens (tertiary/aromatic N) is 1. The van der Waals surface area contributed by atoms with Crippen LogP contribution >= 0.6 is 0 Å². The fraction of sp³-hybridized carbons (Fsp3) is 0.227. The van der Waals surface area contributed by atoms with Gasteiger partial charge in [0.1, 0.15) is 11.5 Å². The Morgan fingerprint density at radius 2 is 1.76 bits per heavy atom. The molecule has 1 saturated heterocycles. The van der Waals surface area contributed by atoms with Gasteiger partial charge in [-0.25, -0.2) is 0 Å². The lowest BCUT2D eigenvalue weighted by molar-refractivity contribution is -0.139. The van der Waals surface area contributed by atoms with Gasteiger partial charge in [0.05, 0.1) is 18.7 Å². The minimum atomic E-state index is -0.769. The minimum absolute atomic E-state index is 0.0224. The summed E-state index contributed by atoms with van der Waals surface area (Å²) in [6.07, 6.45) is 0. The summed E-state index contributed by atoms with van der Waals surface area (Å²) in [4.78, 5) is 38.1. The number of Topliss-reactive ketones (excluding diaryl/α,β-unsaturated/α-hetero) is 1. The fourth-order valence-corrected chi connectivity index (χ4v) is 3.35. The molecule has 150 valence electrons. The second-order valence-electron chi connectivity index (χ2n) is 6.61. The van der Waals surface area contributed by atoms with E-state index in [1.54, 1.807) is 61.7 Å². The van der Waals surface area contributed by atoms with Crippen molar-refractivity contribution in [3.8, 4) is 5.75 Å². The number of aliphatic hydroxyl groups excluding tert-OH is 1. The van der Waals surface area contributed by atoms with E-state index >= 15 is 0 Å². The Labute approximate surface area is 168 Å². The highest BCUT2D eigenvalue weighted by molar-refractivity contribution is 6.46. The summed E-state index contributed by atoms with van der Waals surface area (Å²) < 4.78 is 5.18. The molecule has 2 aromatic carbocycles. The van der Waals surface area contributed by atoms with Crippen LogP contribution in [0.1, 0.15) is 24.1 Å². The van der Waals surface area contributed by atoms with Gasteiger partial charge in [0.2, 0.25) is 5.91 Å². The number of ketones is 1. The summed E-state index contributed by atoms with van der Waals surface area (Å²) in [5, 5.41) is 13.5. The van der Waals surface area contributed by atoms with Crippen LogP contribution in [0.4, 0.5) is 0 Å². The Hall–Kier alpha value is -3.61. The van der Waals surface area contributed by atoms with E-state index < -0.39 is 17.7 Å². The summed E-state index contributed by atoms with van der Waals surface area (Å²) in [6, 6.07) is 14.8. The molecule has 0 saturated carbocycles. The minimum Gasteiger partial charge on any atom is -0.507 e. The Balaban J connectivity index is 2.07. The normalized spacial score (nSPS) is 18.0. The van der Waals surface area contributed by atoms with Crippen molar-refractivity contribution in [2.24, 2.45) is 0 Å². The van der Waals surface area contributed by atoms with Crippen molar-refractivity contribution in [1.82, 2.24) is 10.2 Å². The quantitative estimate of drug-likeness (QED) is 0.445. The molecule has 2 aromatic rings. The lowest BCUT2D eigenvalue weighted by atomic mass is 9.95. The van der Waals surface area contributed by atoms with E-state index in [0.717, 1.165) is 0 Å². The number of benzene rings is 2. The van der Waals surface area contributed by atoms with E-state index in [2.05, 4.69) is 5.32 Å². The third-order valence-electron chi connectivity index (χ3n) is 4.75. The average Bonchev–Trinajstić information content (AvgIpc) is 2.98. The Kier molecular flexibility index (Phi) is 5.97. The van der Waals surface area contributed by atoms with Gasteiger partial charge >= 0.3 is 0 Å². The first-order chi connectivity index (χ1) is 13.9. The van der Waals surface area contributed by atoms with E-state index in [4.69, 9.17) is 4.74 Å². The van der Waals surface area contributed by atoms with Crippen LogP contribution in [-0.4, -0.2) is 47.8 Å². The van der Waals surface area contributed by atoms with Crippen molar-refractivity contribution >= 4 is 23.4 Å². The molecule has 1 heterocycles. The molecule has 7 nitrogen and oxygen atoms in total. The van der Waals surface area contributed by atoms with Crippen LogP contribution < -0.4 is 10.1 Å². The van der Waals surface area contributed by atoms with Gasteiger partial charge in [-0.05, 0) is 17.7 Å². The highest BCUT2D eigenvalue weighted by Gasteiger charge is 2.45. The average molecular weight is 394 g/mol. The number of ether oxygens (including phenoxy) is 1. The number of carbonyl (C=O) groups excluding carboxylic acids is 3. The molecule has 29 heavy (non-hydrogen) atoms. The molecule has 0 radical (unpaired) electrons. The molecule has 7 heteroatoms. The monoisotopic (exact) mass is 394 g/mol. The molecule has 1 aliphatic heterocycles. The number of carbonyl (C=O) groups is 3. The van der Waals surface area contributed by atoms with Crippen LogP contribution in [0.5, 0.6) is 5.75 Å². The van der Waals surface area contributed by atoms with Gasteiger partial charge < -0.3 is 20.1 Å². The molecule has 0 aromatic heterocycles. The molecule has 2 amide bonds. The third kappa shape index (κ3) is 4.13. The van der Waals surface area contributed by atoms with Crippen LogP contribution in [0, 0.1) is 0 Å². The standard InChI is InChI=1S/C22H22N2O5/c1-14(25)23-12-13-24-19(15-8-10-17(29-2)11-9-15)18(21(27)22(24)28)20(26)16-6-4-3-5-7-16/h3-11,19,26H,12-13H2,1-2H3,(H,23,25)/b20-18-. The number of hydrogen-bond donors (Lipinski definition) is 2. The zero-order valence-corrected chi connectivity index (χ0v) is 16.2. The van der Waals surface area contributed by atoms with Crippen LogP contribution in [0.15, 0.2) is 60.2 Å². The number of methoxy groups -OCH3 is 1. The van der Waals surface area contributed by atoms with Crippen LogP contribution in [0.2, 0.25) is 0 Å². The topological polar surface area (TPSA) is 95.9 Å².